The number of fused-ring (bicyclic) bond motifs is 1. The third kappa shape index (κ3) is 2.36. The van der Waals surface area contributed by atoms with Gasteiger partial charge < -0.3 is 10.3 Å². The molecule has 1 aromatic carbocycles. The van der Waals surface area contributed by atoms with E-state index in [0.717, 1.165) is 25.1 Å². The van der Waals surface area contributed by atoms with Crippen molar-refractivity contribution in [2.24, 2.45) is 5.73 Å². The van der Waals surface area contributed by atoms with Crippen molar-refractivity contribution >= 4 is 0 Å². The van der Waals surface area contributed by atoms with Gasteiger partial charge in [-0.1, -0.05) is 43.3 Å². The van der Waals surface area contributed by atoms with Crippen LogP contribution in [0.5, 0.6) is 0 Å². The molecule has 0 amide bonds. The molecule has 1 aliphatic carbocycles. The first-order valence-corrected chi connectivity index (χ1v) is 7.35. The molecule has 0 fully saturated rings. The average Bonchev–Trinajstić information content (AvgIpc) is 3.11. The van der Waals surface area contributed by atoms with Crippen LogP contribution in [0.15, 0.2) is 28.8 Å². The van der Waals surface area contributed by atoms with E-state index in [2.05, 4.69) is 48.3 Å². The van der Waals surface area contributed by atoms with E-state index in [0.29, 0.717) is 11.8 Å². The summed E-state index contributed by atoms with van der Waals surface area (Å²) in [4.78, 5) is 4.59. The molecule has 2 aromatic rings. The van der Waals surface area contributed by atoms with Gasteiger partial charge in [-0.15, -0.1) is 0 Å². The number of aromatic nitrogens is 2. The summed E-state index contributed by atoms with van der Waals surface area (Å²) >= 11 is 0. The Balaban J connectivity index is 1.76. The van der Waals surface area contributed by atoms with Gasteiger partial charge in [-0.25, -0.2) is 0 Å². The van der Waals surface area contributed by atoms with Crippen molar-refractivity contribution in [3.8, 4) is 0 Å². The summed E-state index contributed by atoms with van der Waals surface area (Å²) in [7, 11) is 0. The van der Waals surface area contributed by atoms with E-state index in [1.54, 1.807) is 0 Å². The number of nitrogens with two attached hydrogens (primary N) is 1. The van der Waals surface area contributed by atoms with Crippen LogP contribution in [0.1, 0.15) is 54.9 Å². The van der Waals surface area contributed by atoms with Gasteiger partial charge in [0, 0.05) is 12.0 Å². The van der Waals surface area contributed by atoms with Gasteiger partial charge in [0.05, 0.1) is 5.92 Å². The van der Waals surface area contributed by atoms with E-state index >= 15 is 0 Å². The normalized spacial score (nSPS) is 17.9. The highest BCUT2D eigenvalue weighted by atomic mass is 16.5. The Morgan fingerprint density at radius 2 is 1.95 bits per heavy atom. The number of hydrogen-bond donors (Lipinski definition) is 1. The van der Waals surface area contributed by atoms with Crippen molar-refractivity contribution in [2.45, 2.75) is 51.0 Å². The number of rotatable bonds is 4. The molecule has 4 nitrogen and oxygen atoms in total. The van der Waals surface area contributed by atoms with Gasteiger partial charge >= 0.3 is 0 Å². The predicted octanol–water partition coefficient (Wildman–Crippen LogP) is 2.79. The van der Waals surface area contributed by atoms with E-state index in [1.165, 1.54) is 11.1 Å². The highest BCUT2D eigenvalue weighted by molar-refractivity contribution is 5.34. The molecule has 0 bridgehead atoms. The van der Waals surface area contributed by atoms with E-state index < -0.39 is 0 Å². The molecule has 20 heavy (non-hydrogen) atoms. The predicted molar refractivity (Wildman–Crippen MR) is 77.6 cm³/mol. The molecule has 2 N–H and O–H groups in total. The Morgan fingerprint density at radius 1 is 1.30 bits per heavy atom. The van der Waals surface area contributed by atoms with Crippen LogP contribution in [-0.4, -0.2) is 16.2 Å². The lowest BCUT2D eigenvalue weighted by Crippen LogP contribution is -2.25. The van der Waals surface area contributed by atoms with Gasteiger partial charge in [-0.3, -0.25) is 0 Å². The molecular formula is C16H21N3O. The fourth-order valence-electron chi connectivity index (χ4n) is 2.88. The Morgan fingerprint density at radius 3 is 2.55 bits per heavy atom. The van der Waals surface area contributed by atoms with Gasteiger partial charge in [0.2, 0.25) is 5.89 Å². The third-order valence-electron chi connectivity index (χ3n) is 4.38. The second-order valence-electron chi connectivity index (χ2n) is 5.73. The summed E-state index contributed by atoms with van der Waals surface area (Å²) in [5.74, 6) is 1.96. The summed E-state index contributed by atoms with van der Waals surface area (Å²) in [6.07, 6.45) is 2.92. The first kappa shape index (κ1) is 13.3. The highest BCUT2D eigenvalue weighted by Crippen LogP contribution is 2.33. The average molecular weight is 271 g/mol. The molecule has 0 saturated carbocycles. The van der Waals surface area contributed by atoms with E-state index in [9.17, 15) is 0 Å². The van der Waals surface area contributed by atoms with E-state index in [4.69, 9.17) is 10.3 Å². The zero-order valence-electron chi connectivity index (χ0n) is 12.0. The Labute approximate surface area is 119 Å². The number of benzene rings is 1. The van der Waals surface area contributed by atoms with Crippen molar-refractivity contribution in [3.05, 3.63) is 47.1 Å². The summed E-state index contributed by atoms with van der Waals surface area (Å²) in [6.45, 7) is 4.13. The van der Waals surface area contributed by atoms with Gasteiger partial charge in [-0.2, -0.15) is 4.98 Å². The number of nitrogens with zero attached hydrogens (tertiary/aromatic N) is 2. The molecular weight excluding hydrogens is 250 g/mol. The quantitative estimate of drug-likeness (QED) is 0.928. The lowest BCUT2D eigenvalue weighted by atomic mass is 10.0. The monoisotopic (exact) mass is 271 g/mol. The van der Waals surface area contributed by atoms with Gasteiger partial charge in [0.15, 0.2) is 5.82 Å². The number of hydrogen-bond acceptors (Lipinski definition) is 4. The molecule has 1 heterocycles. The summed E-state index contributed by atoms with van der Waals surface area (Å²) in [5, 5.41) is 4.18. The third-order valence-corrected chi connectivity index (χ3v) is 4.38. The maximum Gasteiger partial charge on any atom is 0.231 e. The van der Waals surface area contributed by atoms with Gasteiger partial charge in [0.1, 0.15) is 0 Å². The van der Waals surface area contributed by atoms with Crippen LogP contribution in [-0.2, 0) is 12.8 Å². The molecule has 0 radical (unpaired) electrons. The second kappa shape index (κ2) is 5.37. The van der Waals surface area contributed by atoms with Crippen LogP contribution in [0.4, 0.5) is 0 Å². The largest absolute Gasteiger partial charge is 0.339 e. The van der Waals surface area contributed by atoms with Crippen LogP contribution < -0.4 is 5.73 Å². The van der Waals surface area contributed by atoms with Crippen LogP contribution in [0.3, 0.4) is 0 Å². The van der Waals surface area contributed by atoms with Gasteiger partial charge in [-0.05, 0) is 30.4 Å². The van der Waals surface area contributed by atoms with Crippen molar-refractivity contribution < 1.29 is 4.52 Å². The molecule has 2 atom stereocenters. The maximum atomic E-state index is 6.05. The first-order chi connectivity index (χ1) is 9.69. The van der Waals surface area contributed by atoms with E-state index in [1.807, 2.05) is 0 Å². The Bertz CT molecular complexity index is 568. The van der Waals surface area contributed by atoms with Crippen molar-refractivity contribution in [3.63, 3.8) is 0 Å². The maximum absolute atomic E-state index is 6.05. The summed E-state index contributed by atoms with van der Waals surface area (Å²) < 4.78 is 5.42. The molecule has 0 saturated heterocycles. The molecule has 3 rings (SSSR count). The highest BCUT2D eigenvalue weighted by Gasteiger charge is 2.28. The Kier molecular flexibility index (Phi) is 3.57. The molecule has 2 unspecified atom stereocenters. The van der Waals surface area contributed by atoms with Crippen LogP contribution in [0.25, 0.3) is 0 Å². The van der Waals surface area contributed by atoms with Gasteiger partial charge in [0.25, 0.3) is 0 Å². The molecule has 0 spiro atoms. The standard InChI is InChI=1S/C16H21N3O/c1-3-14(17)10(2)16-18-15(19-20-16)13-8-11-6-4-5-7-12(11)9-13/h4-7,10,13-14H,3,8-9,17H2,1-2H3. The lowest BCUT2D eigenvalue weighted by Gasteiger charge is -2.13. The smallest absolute Gasteiger partial charge is 0.231 e. The molecule has 4 heteroatoms. The second-order valence-corrected chi connectivity index (χ2v) is 5.73. The molecule has 106 valence electrons. The Hall–Kier alpha value is -1.68. The fourth-order valence-corrected chi connectivity index (χ4v) is 2.88. The minimum absolute atomic E-state index is 0.0732. The zero-order valence-corrected chi connectivity index (χ0v) is 12.0. The topological polar surface area (TPSA) is 64.9 Å². The van der Waals surface area contributed by atoms with Crippen LogP contribution in [0, 0.1) is 0 Å². The SMILES string of the molecule is CCC(N)C(C)c1nc(C2Cc3ccccc3C2)no1. The lowest BCUT2D eigenvalue weighted by molar-refractivity contribution is 0.335. The fraction of sp³-hybridized carbons (Fsp3) is 0.500. The van der Waals surface area contributed by atoms with Crippen molar-refractivity contribution in [1.82, 2.24) is 10.1 Å². The van der Waals surface area contributed by atoms with Crippen LogP contribution in [0.2, 0.25) is 0 Å². The summed E-state index contributed by atoms with van der Waals surface area (Å²) in [5.41, 5.74) is 8.86. The molecule has 1 aliphatic rings. The minimum atomic E-state index is 0.0732. The first-order valence-electron chi connectivity index (χ1n) is 7.35. The minimum Gasteiger partial charge on any atom is -0.339 e. The molecule has 1 aromatic heterocycles. The summed E-state index contributed by atoms with van der Waals surface area (Å²) in [6, 6.07) is 8.62. The van der Waals surface area contributed by atoms with Crippen LogP contribution >= 0.6 is 0 Å². The molecule has 0 aliphatic heterocycles. The zero-order chi connectivity index (χ0) is 14.1. The van der Waals surface area contributed by atoms with E-state index in [-0.39, 0.29) is 12.0 Å². The van der Waals surface area contributed by atoms with Crippen molar-refractivity contribution in [1.29, 1.82) is 0 Å². The van der Waals surface area contributed by atoms with Crippen molar-refractivity contribution in [2.75, 3.05) is 0 Å².